The van der Waals surface area contributed by atoms with Gasteiger partial charge in [0.2, 0.25) is 0 Å². The van der Waals surface area contributed by atoms with E-state index in [1.807, 2.05) is 30.3 Å². The van der Waals surface area contributed by atoms with E-state index in [1.165, 1.54) is 0 Å². The van der Waals surface area contributed by atoms with Crippen LogP contribution in [-0.4, -0.2) is 54.8 Å². The Kier molecular flexibility index (Phi) is 4.56. The molecule has 1 aromatic carbocycles. The molecule has 0 spiro atoms. The van der Waals surface area contributed by atoms with E-state index < -0.39 is 24.4 Å². The molecule has 0 N–H and O–H groups in total. The van der Waals surface area contributed by atoms with Gasteiger partial charge in [0.05, 0.1) is 25.3 Å². The summed E-state index contributed by atoms with van der Waals surface area (Å²) in [6.07, 6.45) is -1.18. The lowest BCUT2D eigenvalue weighted by Gasteiger charge is -2.30. The van der Waals surface area contributed by atoms with Crippen molar-refractivity contribution in [1.82, 2.24) is 4.90 Å². The molecule has 0 aliphatic carbocycles. The molecule has 1 atom stereocenters. The van der Waals surface area contributed by atoms with Crippen LogP contribution in [0.1, 0.15) is 18.4 Å². The van der Waals surface area contributed by atoms with Crippen molar-refractivity contribution >= 4 is 11.6 Å². The van der Waals surface area contributed by atoms with Gasteiger partial charge in [-0.3, -0.25) is 4.79 Å². The Labute approximate surface area is 132 Å². The highest BCUT2D eigenvalue weighted by Crippen LogP contribution is 2.29. The minimum atomic E-state index is -3.45. The van der Waals surface area contributed by atoms with Crippen LogP contribution in [-0.2, 0) is 14.4 Å². The lowest BCUT2D eigenvalue weighted by molar-refractivity contribution is -0.166. The minimum absolute atomic E-state index is 0.200. The number of hydrogen-bond acceptors (Lipinski definition) is 4. The number of nitrogens with zero attached hydrogens (tertiary/aromatic N) is 2. The summed E-state index contributed by atoms with van der Waals surface area (Å²) in [6, 6.07) is 9.26. The number of halogens is 2. The molecule has 1 saturated heterocycles. The molecule has 0 bridgehead atoms. The molecule has 0 radical (unpaired) electrons. The summed E-state index contributed by atoms with van der Waals surface area (Å²) in [5.74, 6) is -4.61. The third kappa shape index (κ3) is 3.67. The molecular formula is C16H18F2N2O3. The number of oxime groups is 1. The highest BCUT2D eigenvalue weighted by atomic mass is 19.3. The number of carbonyl (C=O) groups is 1. The summed E-state index contributed by atoms with van der Waals surface area (Å²) in [6.45, 7) is 0.990. The SMILES string of the molecule is O=C(N1CCOCC1)C(F)(F)CC1CC(c2ccccc2)=NO1. The monoisotopic (exact) mass is 324 g/mol. The Morgan fingerprint density at radius 2 is 1.96 bits per heavy atom. The lowest BCUT2D eigenvalue weighted by Crippen LogP contribution is -2.49. The first-order valence-electron chi connectivity index (χ1n) is 7.59. The summed E-state index contributed by atoms with van der Waals surface area (Å²) in [5.41, 5.74) is 1.48. The van der Waals surface area contributed by atoms with E-state index in [2.05, 4.69) is 5.16 Å². The van der Waals surface area contributed by atoms with Crippen LogP contribution in [0.4, 0.5) is 8.78 Å². The van der Waals surface area contributed by atoms with Gasteiger partial charge < -0.3 is 14.5 Å². The van der Waals surface area contributed by atoms with Crippen molar-refractivity contribution in [3.63, 3.8) is 0 Å². The fourth-order valence-corrected chi connectivity index (χ4v) is 2.71. The molecule has 5 nitrogen and oxygen atoms in total. The zero-order valence-electron chi connectivity index (χ0n) is 12.6. The summed E-state index contributed by atoms with van der Waals surface area (Å²) >= 11 is 0. The summed E-state index contributed by atoms with van der Waals surface area (Å²) in [5, 5.41) is 3.88. The average molecular weight is 324 g/mol. The number of amides is 1. The second-order valence-electron chi connectivity index (χ2n) is 5.65. The first-order chi connectivity index (χ1) is 11.1. The summed E-state index contributed by atoms with van der Waals surface area (Å²) in [7, 11) is 0. The van der Waals surface area contributed by atoms with E-state index in [0.717, 1.165) is 10.5 Å². The molecule has 1 fully saturated rings. The van der Waals surface area contributed by atoms with Crippen molar-refractivity contribution in [3.05, 3.63) is 35.9 Å². The Hall–Kier alpha value is -2.02. The molecule has 1 amide bonds. The van der Waals surface area contributed by atoms with Crippen molar-refractivity contribution in [2.24, 2.45) is 5.16 Å². The van der Waals surface area contributed by atoms with Gasteiger partial charge in [0, 0.05) is 19.5 Å². The Morgan fingerprint density at radius 3 is 2.65 bits per heavy atom. The number of ether oxygens (including phenoxy) is 1. The van der Waals surface area contributed by atoms with Gasteiger partial charge in [-0.1, -0.05) is 35.5 Å². The fourth-order valence-electron chi connectivity index (χ4n) is 2.71. The normalized spacial score (nSPS) is 21.7. The summed E-state index contributed by atoms with van der Waals surface area (Å²) in [4.78, 5) is 18.2. The van der Waals surface area contributed by atoms with Gasteiger partial charge in [-0.25, -0.2) is 0 Å². The maximum Gasteiger partial charge on any atom is 0.328 e. The molecule has 0 aromatic heterocycles. The van der Waals surface area contributed by atoms with Crippen molar-refractivity contribution in [3.8, 4) is 0 Å². The van der Waals surface area contributed by atoms with Crippen LogP contribution in [0.15, 0.2) is 35.5 Å². The van der Waals surface area contributed by atoms with E-state index in [-0.39, 0.29) is 19.5 Å². The number of alkyl halides is 2. The van der Waals surface area contributed by atoms with Crippen LogP contribution in [0.3, 0.4) is 0 Å². The maximum atomic E-state index is 14.2. The van der Waals surface area contributed by atoms with Crippen LogP contribution in [0, 0.1) is 0 Å². The quantitative estimate of drug-likeness (QED) is 0.852. The van der Waals surface area contributed by atoms with Crippen LogP contribution in [0.5, 0.6) is 0 Å². The predicted octanol–water partition coefficient (Wildman–Crippen LogP) is 2.06. The van der Waals surface area contributed by atoms with Gasteiger partial charge >= 0.3 is 5.92 Å². The number of hydrogen-bond donors (Lipinski definition) is 0. The van der Waals surface area contributed by atoms with Crippen LogP contribution in [0.2, 0.25) is 0 Å². The molecule has 1 aromatic rings. The second-order valence-corrected chi connectivity index (χ2v) is 5.65. The Bertz CT molecular complexity index is 586. The Balaban J connectivity index is 1.58. The molecule has 2 aliphatic heterocycles. The molecule has 23 heavy (non-hydrogen) atoms. The highest BCUT2D eigenvalue weighted by Gasteiger charge is 2.46. The number of morpholine rings is 1. The van der Waals surface area contributed by atoms with Gasteiger partial charge in [0.25, 0.3) is 5.91 Å². The van der Waals surface area contributed by atoms with Crippen LogP contribution in [0.25, 0.3) is 0 Å². The van der Waals surface area contributed by atoms with Gasteiger partial charge in [0.1, 0.15) is 6.10 Å². The molecule has 2 aliphatic rings. The van der Waals surface area contributed by atoms with E-state index in [9.17, 15) is 13.6 Å². The molecule has 3 rings (SSSR count). The first-order valence-corrected chi connectivity index (χ1v) is 7.59. The van der Waals surface area contributed by atoms with E-state index in [4.69, 9.17) is 9.57 Å². The topological polar surface area (TPSA) is 51.1 Å². The molecule has 1 unspecified atom stereocenters. The molecular weight excluding hydrogens is 306 g/mol. The van der Waals surface area contributed by atoms with E-state index in [0.29, 0.717) is 18.9 Å². The van der Waals surface area contributed by atoms with Crippen molar-refractivity contribution in [2.75, 3.05) is 26.3 Å². The fraction of sp³-hybridized carbons (Fsp3) is 0.500. The summed E-state index contributed by atoms with van der Waals surface area (Å²) < 4.78 is 33.5. The van der Waals surface area contributed by atoms with Crippen molar-refractivity contribution in [1.29, 1.82) is 0 Å². The zero-order valence-corrected chi connectivity index (χ0v) is 12.6. The molecule has 2 heterocycles. The third-order valence-corrected chi connectivity index (χ3v) is 3.94. The van der Waals surface area contributed by atoms with E-state index in [1.54, 1.807) is 0 Å². The number of benzene rings is 1. The van der Waals surface area contributed by atoms with Gasteiger partial charge in [-0.15, -0.1) is 0 Å². The predicted molar refractivity (Wildman–Crippen MR) is 79.4 cm³/mol. The zero-order chi connectivity index (χ0) is 16.3. The van der Waals surface area contributed by atoms with Gasteiger partial charge in [-0.2, -0.15) is 8.78 Å². The number of carbonyl (C=O) groups excluding carboxylic acids is 1. The molecule has 124 valence electrons. The third-order valence-electron chi connectivity index (χ3n) is 3.94. The highest BCUT2D eigenvalue weighted by molar-refractivity contribution is 6.01. The van der Waals surface area contributed by atoms with Crippen LogP contribution >= 0.6 is 0 Å². The minimum Gasteiger partial charge on any atom is -0.392 e. The molecule has 7 heteroatoms. The van der Waals surface area contributed by atoms with Gasteiger partial charge in [0.15, 0.2) is 0 Å². The smallest absolute Gasteiger partial charge is 0.328 e. The second kappa shape index (κ2) is 6.62. The average Bonchev–Trinajstić information content (AvgIpc) is 3.03. The van der Waals surface area contributed by atoms with Crippen molar-refractivity contribution in [2.45, 2.75) is 24.9 Å². The standard InChI is InChI=1S/C16H18F2N2O3/c17-16(18,15(21)20-6-8-22-9-7-20)11-13-10-14(19-23-13)12-4-2-1-3-5-12/h1-5,13H,6-11H2. The molecule has 0 saturated carbocycles. The lowest BCUT2D eigenvalue weighted by atomic mass is 10.0. The Morgan fingerprint density at radius 1 is 1.26 bits per heavy atom. The van der Waals surface area contributed by atoms with Crippen LogP contribution < -0.4 is 0 Å². The maximum absolute atomic E-state index is 14.2. The van der Waals surface area contributed by atoms with E-state index >= 15 is 0 Å². The first kappa shape index (κ1) is 15.9. The van der Waals surface area contributed by atoms with Crippen molar-refractivity contribution < 1.29 is 23.1 Å². The van der Waals surface area contributed by atoms with Gasteiger partial charge in [-0.05, 0) is 5.56 Å². The number of rotatable bonds is 4. The largest absolute Gasteiger partial charge is 0.392 e.